The zero-order chi connectivity index (χ0) is 13.7. The van der Waals surface area contributed by atoms with Crippen LogP contribution in [0.2, 0.25) is 0 Å². The van der Waals surface area contributed by atoms with Gasteiger partial charge in [-0.3, -0.25) is 4.79 Å². The quantitative estimate of drug-likeness (QED) is 0.470. The number of hydrogen-bond donors (Lipinski definition) is 1. The van der Waals surface area contributed by atoms with E-state index in [4.69, 9.17) is 4.74 Å². The third-order valence-electron chi connectivity index (χ3n) is 2.66. The van der Waals surface area contributed by atoms with Crippen LogP contribution in [0.4, 0.5) is 5.82 Å². The minimum atomic E-state index is -0.205. The number of nitrogens with zero attached hydrogens (tertiary/aromatic N) is 2. The highest BCUT2D eigenvalue weighted by atomic mass is 32.2. The fraction of sp³-hybridized carbons (Fsp3) is 0.615. The van der Waals surface area contributed by atoms with E-state index in [1.165, 1.54) is 11.8 Å². The molecule has 1 N–H and O–H groups in total. The molecule has 0 aromatic carbocycles. The van der Waals surface area contributed by atoms with E-state index in [1.807, 2.05) is 19.9 Å². The van der Waals surface area contributed by atoms with Crippen LogP contribution in [0.5, 0.6) is 0 Å². The largest absolute Gasteiger partial charge is 0.465 e. The van der Waals surface area contributed by atoms with Crippen molar-refractivity contribution in [2.24, 2.45) is 0 Å². The number of thioether (sulfide) groups is 1. The molecule has 1 aromatic rings. The summed E-state index contributed by atoms with van der Waals surface area (Å²) < 4.78 is 4.91. The van der Waals surface area contributed by atoms with E-state index in [9.17, 15) is 4.79 Å². The molecule has 5 nitrogen and oxygen atoms in total. The Kier molecular flexibility index (Phi) is 5.01. The second kappa shape index (κ2) is 6.75. The smallest absolute Gasteiger partial charge is 0.316 e. The Bertz CT molecular complexity index is 450. The summed E-state index contributed by atoms with van der Waals surface area (Å²) in [6, 6.07) is 1.89. The third-order valence-corrected chi connectivity index (χ3v) is 3.55. The number of anilines is 1. The molecule has 0 atom stereocenters. The molecule has 0 aliphatic heterocycles. The van der Waals surface area contributed by atoms with Crippen LogP contribution in [0.3, 0.4) is 0 Å². The van der Waals surface area contributed by atoms with Gasteiger partial charge in [-0.1, -0.05) is 11.8 Å². The van der Waals surface area contributed by atoms with Gasteiger partial charge in [0.05, 0.1) is 12.4 Å². The normalized spacial score (nSPS) is 14.2. The zero-order valence-electron chi connectivity index (χ0n) is 11.3. The number of carbonyl (C=O) groups excluding carboxylic acids is 1. The minimum absolute atomic E-state index is 0.205. The topological polar surface area (TPSA) is 64.1 Å². The van der Waals surface area contributed by atoms with E-state index in [-0.39, 0.29) is 5.97 Å². The van der Waals surface area contributed by atoms with E-state index in [0.29, 0.717) is 18.3 Å². The van der Waals surface area contributed by atoms with Gasteiger partial charge in [0.2, 0.25) is 0 Å². The second-order valence-electron chi connectivity index (χ2n) is 4.35. The van der Waals surface area contributed by atoms with Crippen LogP contribution in [0, 0.1) is 0 Å². The highest BCUT2D eigenvalue weighted by Crippen LogP contribution is 2.39. The van der Waals surface area contributed by atoms with Crippen LogP contribution in [0.25, 0.3) is 0 Å². The molecule has 104 valence electrons. The Morgan fingerprint density at radius 1 is 1.47 bits per heavy atom. The number of ether oxygens (including phenoxy) is 1. The van der Waals surface area contributed by atoms with Gasteiger partial charge in [-0.05, 0) is 26.7 Å². The summed E-state index contributed by atoms with van der Waals surface area (Å²) in [5, 5.41) is 4.04. The standard InChI is InChI=1S/C13H19N3O2S/c1-3-14-10-7-11(19-8-12(17)18-4-2)16-13(15-10)9-5-6-9/h7,9H,3-6,8H2,1-2H3,(H,14,15,16). The van der Waals surface area contributed by atoms with Crippen molar-refractivity contribution in [1.29, 1.82) is 0 Å². The van der Waals surface area contributed by atoms with E-state index in [1.54, 1.807) is 0 Å². The van der Waals surface area contributed by atoms with Gasteiger partial charge in [0.25, 0.3) is 0 Å². The van der Waals surface area contributed by atoms with Gasteiger partial charge in [-0.15, -0.1) is 0 Å². The summed E-state index contributed by atoms with van der Waals surface area (Å²) in [5.74, 6) is 2.32. The van der Waals surface area contributed by atoms with Crippen molar-refractivity contribution in [2.75, 3.05) is 24.2 Å². The molecular weight excluding hydrogens is 262 g/mol. The van der Waals surface area contributed by atoms with Crippen molar-refractivity contribution >= 4 is 23.5 Å². The van der Waals surface area contributed by atoms with E-state index in [2.05, 4.69) is 15.3 Å². The zero-order valence-corrected chi connectivity index (χ0v) is 12.1. The lowest BCUT2D eigenvalue weighted by Crippen LogP contribution is -2.08. The molecule has 1 saturated carbocycles. The molecular formula is C13H19N3O2S. The molecule has 0 bridgehead atoms. The van der Waals surface area contributed by atoms with Crippen molar-refractivity contribution in [3.05, 3.63) is 11.9 Å². The van der Waals surface area contributed by atoms with Crippen molar-refractivity contribution in [2.45, 2.75) is 37.6 Å². The number of carbonyl (C=O) groups is 1. The lowest BCUT2D eigenvalue weighted by atomic mass is 10.4. The summed E-state index contributed by atoms with van der Waals surface area (Å²) in [5.41, 5.74) is 0. The molecule has 0 radical (unpaired) electrons. The molecule has 2 rings (SSSR count). The molecule has 0 unspecified atom stereocenters. The summed E-state index contributed by atoms with van der Waals surface area (Å²) in [4.78, 5) is 20.4. The summed E-state index contributed by atoms with van der Waals surface area (Å²) in [6.07, 6.45) is 2.33. The fourth-order valence-electron chi connectivity index (χ4n) is 1.65. The van der Waals surface area contributed by atoms with Gasteiger partial charge >= 0.3 is 5.97 Å². The first kappa shape index (κ1) is 14.1. The van der Waals surface area contributed by atoms with Crippen LogP contribution >= 0.6 is 11.8 Å². The molecule has 1 heterocycles. The molecule has 19 heavy (non-hydrogen) atoms. The average molecular weight is 281 g/mol. The Labute approximate surface area is 117 Å². The van der Waals surface area contributed by atoms with Crippen molar-refractivity contribution in [1.82, 2.24) is 9.97 Å². The Morgan fingerprint density at radius 3 is 2.89 bits per heavy atom. The van der Waals surface area contributed by atoms with Crippen molar-refractivity contribution < 1.29 is 9.53 Å². The van der Waals surface area contributed by atoms with Gasteiger partial charge in [0.15, 0.2) is 0 Å². The molecule has 1 aliphatic carbocycles. The molecule has 1 aromatic heterocycles. The number of hydrogen-bond acceptors (Lipinski definition) is 6. The molecule has 6 heteroatoms. The van der Waals surface area contributed by atoms with Gasteiger partial charge in [0, 0.05) is 18.5 Å². The first-order valence-corrected chi connectivity index (χ1v) is 7.62. The van der Waals surface area contributed by atoms with Crippen LogP contribution in [0.15, 0.2) is 11.1 Å². The summed E-state index contributed by atoms with van der Waals surface area (Å²) >= 11 is 1.40. The predicted octanol–water partition coefficient (Wildman–Crippen LogP) is 2.44. The Morgan fingerprint density at radius 2 is 2.26 bits per heavy atom. The average Bonchev–Trinajstić information content (AvgIpc) is 3.21. The molecule has 0 amide bonds. The second-order valence-corrected chi connectivity index (χ2v) is 5.34. The van der Waals surface area contributed by atoms with Gasteiger partial charge in [-0.25, -0.2) is 9.97 Å². The third kappa shape index (κ3) is 4.38. The minimum Gasteiger partial charge on any atom is -0.465 e. The van der Waals surface area contributed by atoms with Gasteiger partial charge in [-0.2, -0.15) is 0 Å². The van der Waals surface area contributed by atoms with Crippen LogP contribution < -0.4 is 5.32 Å². The number of rotatable bonds is 7. The number of aromatic nitrogens is 2. The maximum atomic E-state index is 11.4. The predicted molar refractivity (Wildman–Crippen MR) is 75.5 cm³/mol. The van der Waals surface area contributed by atoms with Crippen molar-refractivity contribution in [3.8, 4) is 0 Å². The van der Waals surface area contributed by atoms with E-state index >= 15 is 0 Å². The Hall–Kier alpha value is -1.30. The SMILES string of the molecule is CCNc1cc(SCC(=O)OCC)nc(C2CC2)n1. The number of nitrogens with one attached hydrogen (secondary N) is 1. The maximum absolute atomic E-state index is 11.4. The molecule has 1 aliphatic rings. The first-order chi connectivity index (χ1) is 9.22. The Balaban J connectivity index is 2.03. The molecule has 1 fully saturated rings. The van der Waals surface area contributed by atoms with Crippen LogP contribution in [-0.2, 0) is 9.53 Å². The highest BCUT2D eigenvalue weighted by molar-refractivity contribution is 7.99. The van der Waals surface area contributed by atoms with E-state index in [0.717, 1.165) is 36.1 Å². The van der Waals surface area contributed by atoms with Gasteiger partial charge in [0.1, 0.15) is 16.7 Å². The maximum Gasteiger partial charge on any atom is 0.316 e. The van der Waals surface area contributed by atoms with Crippen molar-refractivity contribution in [3.63, 3.8) is 0 Å². The lowest BCUT2D eigenvalue weighted by Gasteiger charge is -2.08. The van der Waals surface area contributed by atoms with Crippen LogP contribution in [-0.4, -0.2) is 34.8 Å². The summed E-state index contributed by atoms with van der Waals surface area (Å²) in [7, 11) is 0. The fourth-order valence-corrected chi connectivity index (χ4v) is 2.35. The first-order valence-electron chi connectivity index (χ1n) is 6.64. The summed E-state index contributed by atoms with van der Waals surface area (Å²) in [6.45, 7) is 5.08. The molecule has 0 spiro atoms. The highest BCUT2D eigenvalue weighted by Gasteiger charge is 2.27. The van der Waals surface area contributed by atoms with E-state index < -0.39 is 0 Å². The lowest BCUT2D eigenvalue weighted by molar-refractivity contribution is -0.139. The van der Waals surface area contributed by atoms with Crippen LogP contribution in [0.1, 0.15) is 38.4 Å². The monoisotopic (exact) mass is 281 g/mol. The van der Waals surface area contributed by atoms with Gasteiger partial charge < -0.3 is 10.1 Å². The molecule has 0 saturated heterocycles. The number of esters is 1.